The monoisotopic (exact) mass is 917 g/mol. The third-order valence-electron chi connectivity index (χ3n) is 9.15. The van der Waals surface area contributed by atoms with Gasteiger partial charge in [0.05, 0.1) is 13.1 Å². The van der Waals surface area contributed by atoms with Gasteiger partial charge in [0.1, 0.15) is 66.1 Å². The second-order valence-corrected chi connectivity index (χ2v) is 17.8. The second-order valence-electron chi connectivity index (χ2n) is 17.8. The van der Waals surface area contributed by atoms with Gasteiger partial charge in [-0.3, -0.25) is 19.2 Å². The van der Waals surface area contributed by atoms with E-state index >= 15 is 0 Å². The molecule has 3 rings (SSSR count). The fraction of sp³-hybridized carbons (Fsp3) is 0.568. The van der Waals surface area contributed by atoms with Crippen molar-refractivity contribution >= 4 is 41.8 Å². The van der Waals surface area contributed by atoms with Crippen LogP contribution in [-0.4, -0.2) is 142 Å². The molecule has 1 saturated heterocycles. The lowest BCUT2D eigenvalue weighted by atomic mass is 9.99. The molecule has 360 valence electrons. The quantitative estimate of drug-likeness (QED) is 0.0519. The van der Waals surface area contributed by atoms with Gasteiger partial charge >= 0.3 is 18.2 Å². The summed E-state index contributed by atoms with van der Waals surface area (Å²) in [7, 11) is 0. The molecule has 0 bridgehead atoms. The molecule has 65 heavy (non-hydrogen) atoms. The van der Waals surface area contributed by atoms with Crippen molar-refractivity contribution in [1.82, 2.24) is 26.6 Å². The summed E-state index contributed by atoms with van der Waals surface area (Å²) in [6, 6.07) is 10.9. The molecule has 2 aromatic carbocycles. The van der Waals surface area contributed by atoms with Crippen LogP contribution in [0.2, 0.25) is 0 Å². The lowest BCUT2D eigenvalue weighted by Gasteiger charge is -2.38. The lowest BCUT2D eigenvalue weighted by Crippen LogP contribution is -2.59. The molecule has 0 spiro atoms. The summed E-state index contributed by atoms with van der Waals surface area (Å²) in [5.74, 6) is -4.06. The van der Waals surface area contributed by atoms with Gasteiger partial charge in [-0.25, -0.2) is 14.4 Å². The maximum absolute atomic E-state index is 13.7. The van der Waals surface area contributed by atoms with Crippen molar-refractivity contribution in [2.45, 2.75) is 135 Å². The topological polar surface area (TPSA) is 307 Å². The minimum atomic E-state index is -1.85. The molecule has 2 aromatic rings. The third kappa shape index (κ3) is 19.4. The van der Waals surface area contributed by atoms with Crippen LogP contribution in [0, 0.1) is 5.92 Å². The predicted molar refractivity (Wildman–Crippen MR) is 230 cm³/mol. The Labute approximate surface area is 377 Å². The second kappa shape index (κ2) is 24.4. The Balaban J connectivity index is 1.63. The van der Waals surface area contributed by atoms with Gasteiger partial charge in [-0.1, -0.05) is 56.3 Å². The molecule has 9 N–H and O–H groups in total. The number of carbonyl (C=O) groups excluding carboxylic acids is 7. The van der Waals surface area contributed by atoms with Crippen molar-refractivity contribution < 1.29 is 77.7 Å². The van der Waals surface area contributed by atoms with E-state index in [1.807, 2.05) is 0 Å². The number of benzene rings is 2. The highest BCUT2D eigenvalue weighted by Crippen LogP contribution is 2.21. The Bertz CT molecular complexity index is 1920. The summed E-state index contributed by atoms with van der Waals surface area (Å²) in [4.78, 5) is 91.2. The van der Waals surface area contributed by atoms with Crippen molar-refractivity contribution in [2.24, 2.45) is 5.92 Å². The number of alkyl carbamates (subject to hydrolysis) is 1. The molecule has 21 nitrogen and oxygen atoms in total. The van der Waals surface area contributed by atoms with E-state index in [2.05, 4.69) is 26.6 Å². The lowest BCUT2D eigenvalue weighted by molar-refractivity contribution is -0.287. The van der Waals surface area contributed by atoms with Crippen molar-refractivity contribution in [1.29, 1.82) is 0 Å². The van der Waals surface area contributed by atoms with Crippen LogP contribution in [0.5, 0.6) is 5.75 Å². The highest BCUT2D eigenvalue weighted by Gasteiger charge is 2.44. The minimum Gasteiger partial charge on any atom is -0.461 e. The van der Waals surface area contributed by atoms with Crippen LogP contribution in [0.25, 0.3) is 0 Å². The van der Waals surface area contributed by atoms with Gasteiger partial charge in [0.2, 0.25) is 23.6 Å². The SMILES string of the molecule is CC(C)C[C@H](NC(=O)[C@H](Cc1ccccc1)NC(=O)CNC(=O)CNC(=O)[C@H](Cc1ccc(OC(=O)OC(C)(C)C)cc1)NC(=O)OC(C)(C)C)C(=O)OC[C@H]1OC(O)[C@H](O)[C@@H](O)[C@@H]1O. The van der Waals surface area contributed by atoms with E-state index in [4.69, 9.17) is 23.7 Å². The summed E-state index contributed by atoms with van der Waals surface area (Å²) >= 11 is 0. The summed E-state index contributed by atoms with van der Waals surface area (Å²) in [5.41, 5.74) is -0.484. The molecule has 1 unspecified atom stereocenters. The zero-order chi connectivity index (χ0) is 48.6. The number of ether oxygens (including phenoxy) is 5. The molecule has 5 amide bonds. The van der Waals surface area contributed by atoms with Gasteiger partial charge in [0, 0.05) is 12.8 Å². The summed E-state index contributed by atoms with van der Waals surface area (Å²) in [6.07, 6.45) is -10.4. The number of aliphatic hydroxyl groups excluding tert-OH is 4. The minimum absolute atomic E-state index is 0.0302. The van der Waals surface area contributed by atoms with Crippen LogP contribution in [-0.2, 0) is 55.8 Å². The average molecular weight is 918 g/mol. The molecule has 0 saturated carbocycles. The summed E-state index contributed by atoms with van der Waals surface area (Å²) < 4.78 is 26.0. The highest BCUT2D eigenvalue weighted by atomic mass is 16.7. The van der Waals surface area contributed by atoms with Gasteiger partial charge in [-0.2, -0.15) is 0 Å². The van der Waals surface area contributed by atoms with Crippen molar-refractivity contribution in [3.63, 3.8) is 0 Å². The molecule has 1 aliphatic rings. The zero-order valence-electron chi connectivity index (χ0n) is 37.8. The van der Waals surface area contributed by atoms with Crippen LogP contribution in [0.1, 0.15) is 72.9 Å². The van der Waals surface area contributed by atoms with E-state index in [9.17, 15) is 54.0 Å². The number of rotatable bonds is 19. The molecular formula is C44H63N5O16. The number of carbonyl (C=O) groups is 7. The first-order valence-electron chi connectivity index (χ1n) is 21.0. The molecular weight excluding hydrogens is 855 g/mol. The number of amides is 5. The van der Waals surface area contributed by atoms with Gasteiger partial charge in [-0.05, 0) is 77.1 Å². The Morgan fingerprint density at radius 3 is 1.80 bits per heavy atom. The molecule has 0 aliphatic carbocycles. The fourth-order valence-corrected chi connectivity index (χ4v) is 6.08. The first-order chi connectivity index (χ1) is 30.3. The largest absolute Gasteiger partial charge is 0.514 e. The van der Waals surface area contributed by atoms with Crippen LogP contribution >= 0.6 is 0 Å². The Kier molecular flexibility index (Phi) is 20.1. The predicted octanol–water partition coefficient (Wildman–Crippen LogP) is 0.270. The van der Waals surface area contributed by atoms with Gasteiger partial charge in [-0.15, -0.1) is 0 Å². The first-order valence-corrected chi connectivity index (χ1v) is 21.0. The normalized spacial score (nSPS) is 19.9. The summed E-state index contributed by atoms with van der Waals surface area (Å²) in [6.45, 7) is 11.7. The highest BCUT2D eigenvalue weighted by molar-refractivity contribution is 5.93. The Morgan fingerprint density at radius 2 is 1.22 bits per heavy atom. The van der Waals surface area contributed by atoms with Crippen molar-refractivity contribution in [3.05, 3.63) is 65.7 Å². The van der Waals surface area contributed by atoms with Crippen LogP contribution in [0.3, 0.4) is 0 Å². The van der Waals surface area contributed by atoms with Gasteiger partial charge < -0.3 is 70.7 Å². The first kappa shape index (κ1) is 53.5. The Hall–Kier alpha value is -5.87. The number of aliphatic hydroxyl groups is 4. The molecule has 1 fully saturated rings. The zero-order valence-corrected chi connectivity index (χ0v) is 37.8. The van der Waals surface area contributed by atoms with E-state index in [1.165, 1.54) is 12.1 Å². The maximum atomic E-state index is 13.7. The van der Waals surface area contributed by atoms with E-state index in [0.29, 0.717) is 11.1 Å². The smallest absolute Gasteiger partial charge is 0.461 e. The van der Waals surface area contributed by atoms with Crippen LogP contribution in [0.4, 0.5) is 9.59 Å². The molecule has 1 aliphatic heterocycles. The molecule has 0 radical (unpaired) electrons. The van der Waals surface area contributed by atoms with E-state index in [-0.39, 0.29) is 30.9 Å². The number of hydrogen-bond donors (Lipinski definition) is 9. The molecule has 8 atom stereocenters. The summed E-state index contributed by atoms with van der Waals surface area (Å²) in [5, 5.41) is 52.3. The number of esters is 1. The molecule has 21 heteroatoms. The average Bonchev–Trinajstić information content (AvgIpc) is 3.20. The van der Waals surface area contributed by atoms with Gasteiger partial charge in [0.15, 0.2) is 6.29 Å². The number of hydrogen-bond acceptors (Lipinski definition) is 16. The molecule has 0 aromatic heterocycles. The van der Waals surface area contributed by atoms with E-state index in [0.717, 1.165) is 0 Å². The molecule has 1 heterocycles. The van der Waals surface area contributed by atoms with Crippen LogP contribution in [0.15, 0.2) is 54.6 Å². The number of nitrogens with one attached hydrogen (secondary N) is 5. The maximum Gasteiger partial charge on any atom is 0.514 e. The van der Waals surface area contributed by atoms with E-state index in [1.54, 1.807) is 97.9 Å². The fourth-order valence-electron chi connectivity index (χ4n) is 6.08. The third-order valence-corrected chi connectivity index (χ3v) is 9.15. The van der Waals surface area contributed by atoms with Crippen molar-refractivity contribution in [3.8, 4) is 5.75 Å². The van der Waals surface area contributed by atoms with Crippen LogP contribution < -0.4 is 31.3 Å². The van der Waals surface area contributed by atoms with Crippen molar-refractivity contribution in [2.75, 3.05) is 19.7 Å². The van der Waals surface area contributed by atoms with E-state index < -0.39 is 122 Å². The standard InChI is InChI=1S/C44H63N5O16/c1-24(2)18-30(39(57)61-23-31-34(52)35(53)36(54)40(58)63-31)48-38(56)29(19-25-12-10-9-11-13-25)47-33(51)22-45-32(50)21-46-37(55)28(49-41(59)64-43(3,4)5)20-26-14-16-27(17-15-26)62-42(60)65-44(6,7)8/h9-17,24,28-31,34-36,40,52-54,58H,18-23H2,1-8H3,(H,45,50)(H,46,55)(H,47,51)(H,48,56)(H,49,59)/t28-,29-,30-,31+,34+,35-,36+,40?/m0/s1. The van der Waals surface area contributed by atoms with Gasteiger partial charge in [0.25, 0.3) is 0 Å². The Morgan fingerprint density at radius 1 is 0.646 bits per heavy atom.